The van der Waals surface area contributed by atoms with Gasteiger partial charge in [0.15, 0.2) is 0 Å². The Hall–Kier alpha value is -1.75. The first-order valence-electron chi connectivity index (χ1n) is 7.26. The molecule has 1 N–H and O–H groups in total. The molecule has 1 fully saturated rings. The van der Waals surface area contributed by atoms with Gasteiger partial charge >= 0.3 is 0 Å². The molecule has 21 heavy (non-hydrogen) atoms. The molecule has 1 aromatic rings. The molecular formula is C15H18ClN3O2. The lowest BCUT2D eigenvalue weighted by atomic mass is 10.2. The summed E-state index contributed by atoms with van der Waals surface area (Å²) in [4.78, 5) is 31.1. The number of amides is 2. The number of H-pyrrole nitrogens is 1. The van der Waals surface area contributed by atoms with Gasteiger partial charge in [-0.25, -0.2) is 0 Å². The van der Waals surface area contributed by atoms with Gasteiger partial charge < -0.3 is 14.8 Å². The molecule has 1 saturated heterocycles. The zero-order valence-corrected chi connectivity index (χ0v) is 12.5. The van der Waals surface area contributed by atoms with Gasteiger partial charge in [-0.05, 0) is 25.3 Å². The van der Waals surface area contributed by atoms with E-state index >= 15 is 0 Å². The molecular weight excluding hydrogens is 290 g/mol. The SMILES string of the molecule is O=C(c1c[nH]c(C(=O)N2CCCC2)c1)N1CCC=C(Cl)C1. The number of likely N-dealkylation sites (tertiary alicyclic amines) is 1. The third-order valence-corrected chi connectivity index (χ3v) is 4.22. The van der Waals surface area contributed by atoms with Gasteiger partial charge in [0, 0.05) is 30.9 Å². The van der Waals surface area contributed by atoms with Gasteiger partial charge in [-0.1, -0.05) is 17.7 Å². The minimum atomic E-state index is -0.0852. The fraction of sp³-hybridized carbons (Fsp3) is 0.467. The molecule has 0 spiro atoms. The zero-order valence-electron chi connectivity index (χ0n) is 11.8. The summed E-state index contributed by atoms with van der Waals surface area (Å²) in [6, 6.07) is 1.65. The Balaban J connectivity index is 1.71. The number of halogens is 1. The van der Waals surface area contributed by atoms with E-state index in [2.05, 4.69) is 4.98 Å². The summed E-state index contributed by atoms with van der Waals surface area (Å²) >= 11 is 5.98. The quantitative estimate of drug-likeness (QED) is 0.911. The van der Waals surface area contributed by atoms with Crippen molar-refractivity contribution >= 4 is 23.4 Å². The predicted octanol–water partition coefficient (Wildman–Crippen LogP) is 2.22. The van der Waals surface area contributed by atoms with Gasteiger partial charge in [-0.2, -0.15) is 0 Å². The van der Waals surface area contributed by atoms with Crippen LogP contribution in [0.25, 0.3) is 0 Å². The number of carbonyl (C=O) groups excluding carboxylic acids is 2. The Bertz CT molecular complexity index is 587. The lowest BCUT2D eigenvalue weighted by molar-refractivity contribution is 0.0769. The monoisotopic (exact) mass is 307 g/mol. The fourth-order valence-electron chi connectivity index (χ4n) is 2.79. The molecule has 6 heteroatoms. The van der Waals surface area contributed by atoms with Crippen molar-refractivity contribution in [3.63, 3.8) is 0 Å². The smallest absolute Gasteiger partial charge is 0.270 e. The molecule has 0 saturated carbocycles. The van der Waals surface area contributed by atoms with Crippen LogP contribution in [-0.2, 0) is 0 Å². The lowest BCUT2D eigenvalue weighted by Crippen LogP contribution is -2.34. The van der Waals surface area contributed by atoms with Crippen molar-refractivity contribution < 1.29 is 9.59 Å². The van der Waals surface area contributed by atoms with Crippen LogP contribution in [0.1, 0.15) is 40.1 Å². The van der Waals surface area contributed by atoms with E-state index in [0.29, 0.717) is 29.4 Å². The zero-order chi connectivity index (χ0) is 14.8. The molecule has 5 nitrogen and oxygen atoms in total. The largest absolute Gasteiger partial charge is 0.356 e. The molecule has 2 aliphatic rings. The van der Waals surface area contributed by atoms with Crippen LogP contribution in [0.2, 0.25) is 0 Å². The molecule has 0 radical (unpaired) electrons. The molecule has 2 amide bonds. The fourth-order valence-corrected chi connectivity index (χ4v) is 3.04. The van der Waals surface area contributed by atoms with E-state index in [9.17, 15) is 9.59 Å². The Morgan fingerprint density at radius 2 is 1.86 bits per heavy atom. The molecule has 2 aliphatic heterocycles. The summed E-state index contributed by atoms with van der Waals surface area (Å²) in [5, 5.41) is 0.693. The normalized spacial score (nSPS) is 18.8. The second kappa shape index (κ2) is 5.93. The van der Waals surface area contributed by atoms with E-state index in [4.69, 9.17) is 11.6 Å². The van der Waals surface area contributed by atoms with Crippen LogP contribution in [0.5, 0.6) is 0 Å². The van der Waals surface area contributed by atoms with Gasteiger partial charge in [0.25, 0.3) is 11.8 Å². The highest BCUT2D eigenvalue weighted by Gasteiger charge is 2.24. The first-order valence-corrected chi connectivity index (χ1v) is 7.64. The average Bonchev–Trinajstić information content (AvgIpc) is 3.17. The number of hydrogen-bond acceptors (Lipinski definition) is 2. The third kappa shape index (κ3) is 2.97. The second-order valence-electron chi connectivity index (χ2n) is 5.47. The van der Waals surface area contributed by atoms with Gasteiger partial charge in [0.2, 0.25) is 0 Å². The summed E-state index contributed by atoms with van der Waals surface area (Å²) in [7, 11) is 0. The minimum Gasteiger partial charge on any atom is -0.356 e. The minimum absolute atomic E-state index is 0.0249. The Labute approximate surface area is 128 Å². The number of nitrogens with one attached hydrogen (secondary N) is 1. The molecule has 0 aliphatic carbocycles. The Morgan fingerprint density at radius 1 is 1.10 bits per heavy atom. The van der Waals surface area contributed by atoms with Gasteiger partial charge in [-0.3, -0.25) is 9.59 Å². The van der Waals surface area contributed by atoms with Crippen molar-refractivity contribution in [2.75, 3.05) is 26.2 Å². The van der Waals surface area contributed by atoms with Gasteiger partial charge in [0.05, 0.1) is 12.1 Å². The van der Waals surface area contributed by atoms with Crippen molar-refractivity contribution in [2.24, 2.45) is 0 Å². The number of rotatable bonds is 2. The topological polar surface area (TPSA) is 56.4 Å². The maximum absolute atomic E-state index is 12.4. The van der Waals surface area contributed by atoms with Crippen LogP contribution in [0, 0.1) is 0 Å². The molecule has 1 aromatic heterocycles. The lowest BCUT2D eigenvalue weighted by Gasteiger charge is -2.24. The van der Waals surface area contributed by atoms with E-state index in [0.717, 1.165) is 32.4 Å². The number of carbonyl (C=O) groups is 2. The number of aromatic amines is 1. The van der Waals surface area contributed by atoms with Crippen LogP contribution >= 0.6 is 11.6 Å². The summed E-state index contributed by atoms with van der Waals surface area (Å²) < 4.78 is 0. The van der Waals surface area contributed by atoms with Crippen LogP contribution in [0.3, 0.4) is 0 Å². The molecule has 112 valence electrons. The Morgan fingerprint density at radius 3 is 2.57 bits per heavy atom. The summed E-state index contributed by atoms with van der Waals surface area (Å²) in [6.45, 7) is 2.71. The van der Waals surface area contributed by atoms with Crippen LogP contribution in [-0.4, -0.2) is 52.8 Å². The van der Waals surface area contributed by atoms with Crippen molar-refractivity contribution in [3.05, 3.63) is 34.6 Å². The van der Waals surface area contributed by atoms with Crippen molar-refractivity contribution in [2.45, 2.75) is 19.3 Å². The van der Waals surface area contributed by atoms with Crippen LogP contribution in [0.4, 0.5) is 0 Å². The first kappa shape index (κ1) is 14.2. The highest BCUT2D eigenvalue weighted by molar-refractivity contribution is 6.30. The maximum atomic E-state index is 12.4. The van der Waals surface area contributed by atoms with Gasteiger partial charge in [0.1, 0.15) is 5.69 Å². The van der Waals surface area contributed by atoms with Crippen molar-refractivity contribution in [1.82, 2.24) is 14.8 Å². The first-order chi connectivity index (χ1) is 10.1. The van der Waals surface area contributed by atoms with E-state index in [1.54, 1.807) is 17.2 Å². The van der Waals surface area contributed by atoms with E-state index in [1.165, 1.54) is 0 Å². The number of nitrogens with zero attached hydrogens (tertiary/aromatic N) is 2. The summed E-state index contributed by atoms with van der Waals surface area (Å²) in [5.41, 5.74) is 1.00. The van der Waals surface area contributed by atoms with E-state index < -0.39 is 0 Å². The summed E-state index contributed by atoms with van der Waals surface area (Å²) in [5.74, 6) is -0.110. The molecule has 3 rings (SSSR count). The maximum Gasteiger partial charge on any atom is 0.270 e. The third-order valence-electron chi connectivity index (χ3n) is 3.95. The second-order valence-corrected chi connectivity index (χ2v) is 5.95. The summed E-state index contributed by atoms with van der Waals surface area (Å²) in [6.07, 6.45) is 6.42. The molecule has 0 bridgehead atoms. The van der Waals surface area contributed by atoms with Crippen LogP contribution in [0.15, 0.2) is 23.4 Å². The highest BCUT2D eigenvalue weighted by atomic mass is 35.5. The van der Waals surface area contributed by atoms with Gasteiger partial charge in [-0.15, -0.1) is 0 Å². The molecule has 0 aromatic carbocycles. The standard InChI is InChI=1S/C15H18ClN3O2/c16-12-4-3-7-19(10-12)14(20)11-8-13(17-9-11)15(21)18-5-1-2-6-18/h4,8-9,17H,1-3,5-7,10H2. The van der Waals surface area contributed by atoms with Crippen molar-refractivity contribution in [1.29, 1.82) is 0 Å². The number of aromatic nitrogens is 1. The molecule has 3 heterocycles. The average molecular weight is 308 g/mol. The molecule has 0 atom stereocenters. The van der Waals surface area contributed by atoms with Crippen molar-refractivity contribution in [3.8, 4) is 0 Å². The Kier molecular flexibility index (Phi) is 4.01. The highest BCUT2D eigenvalue weighted by Crippen LogP contribution is 2.18. The number of hydrogen-bond donors (Lipinski definition) is 1. The van der Waals surface area contributed by atoms with Crippen LogP contribution < -0.4 is 0 Å². The molecule has 0 unspecified atom stereocenters. The predicted molar refractivity (Wildman–Crippen MR) is 80.4 cm³/mol. The van der Waals surface area contributed by atoms with E-state index in [1.807, 2.05) is 11.0 Å². The van der Waals surface area contributed by atoms with E-state index in [-0.39, 0.29) is 11.8 Å².